The first-order chi connectivity index (χ1) is 4.33. The second-order valence-electron chi connectivity index (χ2n) is 2.45. The normalized spacial score (nSPS) is 27.8. The number of allylic oxidation sites excluding steroid dienone is 1. The Kier molecular flexibility index (Phi) is 2.73. The molecule has 0 amide bonds. The molecule has 1 nitrogen and oxygen atoms in total. The standard InChI is InChI=1S/C7H11BrO/c8-7-3-1-2-6(4-7)5-9/h4,6,9H,1-3,5H2/t6-/m1/s1. The highest BCUT2D eigenvalue weighted by Crippen LogP contribution is 2.25. The number of hydrogen-bond donors (Lipinski definition) is 1. The van der Waals surface area contributed by atoms with Gasteiger partial charge in [0.05, 0.1) is 0 Å². The molecule has 0 aromatic rings. The Hall–Kier alpha value is 0.180. The van der Waals surface area contributed by atoms with Crippen LogP contribution in [0.3, 0.4) is 0 Å². The maximum absolute atomic E-state index is 8.74. The Morgan fingerprint density at radius 2 is 2.56 bits per heavy atom. The van der Waals surface area contributed by atoms with Crippen molar-refractivity contribution in [3.05, 3.63) is 10.6 Å². The molecule has 1 rings (SSSR count). The van der Waals surface area contributed by atoms with Crippen LogP contribution in [0.25, 0.3) is 0 Å². The first kappa shape index (κ1) is 7.29. The van der Waals surface area contributed by atoms with Gasteiger partial charge in [-0.05, 0) is 23.7 Å². The van der Waals surface area contributed by atoms with Gasteiger partial charge in [0.2, 0.25) is 0 Å². The highest BCUT2D eigenvalue weighted by Gasteiger charge is 2.09. The van der Waals surface area contributed by atoms with Gasteiger partial charge in [0, 0.05) is 12.5 Å². The van der Waals surface area contributed by atoms with Crippen molar-refractivity contribution in [3.63, 3.8) is 0 Å². The number of halogens is 1. The Bertz CT molecular complexity index is 120. The summed E-state index contributed by atoms with van der Waals surface area (Å²) in [6.07, 6.45) is 5.62. The van der Waals surface area contributed by atoms with E-state index in [1.165, 1.54) is 10.9 Å². The van der Waals surface area contributed by atoms with Crippen LogP contribution in [0.5, 0.6) is 0 Å². The summed E-state index contributed by atoms with van der Waals surface area (Å²) in [7, 11) is 0. The van der Waals surface area contributed by atoms with E-state index in [4.69, 9.17) is 5.11 Å². The zero-order valence-corrected chi connectivity index (χ0v) is 6.89. The largest absolute Gasteiger partial charge is 0.396 e. The summed E-state index contributed by atoms with van der Waals surface area (Å²) >= 11 is 3.42. The maximum Gasteiger partial charge on any atom is 0.0494 e. The predicted octanol–water partition coefficient (Wildman–Crippen LogP) is 2.06. The van der Waals surface area contributed by atoms with Crippen molar-refractivity contribution < 1.29 is 5.11 Å². The van der Waals surface area contributed by atoms with Crippen LogP contribution in [0.1, 0.15) is 19.3 Å². The van der Waals surface area contributed by atoms with E-state index in [2.05, 4.69) is 22.0 Å². The lowest BCUT2D eigenvalue weighted by Crippen LogP contribution is -2.06. The molecule has 52 valence electrons. The van der Waals surface area contributed by atoms with Crippen molar-refractivity contribution in [1.29, 1.82) is 0 Å². The predicted molar refractivity (Wildman–Crippen MR) is 41.4 cm³/mol. The molecule has 0 saturated heterocycles. The molecular weight excluding hydrogens is 180 g/mol. The fraction of sp³-hybridized carbons (Fsp3) is 0.714. The van der Waals surface area contributed by atoms with Gasteiger partial charge in [0.25, 0.3) is 0 Å². The molecule has 0 spiro atoms. The lowest BCUT2D eigenvalue weighted by atomic mass is 9.97. The van der Waals surface area contributed by atoms with E-state index in [9.17, 15) is 0 Å². The van der Waals surface area contributed by atoms with Gasteiger partial charge in [-0.2, -0.15) is 0 Å². The van der Waals surface area contributed by atoms with Crippen LogP contribution in [0.15, 0.2) is 10.6 Å². The van der Waals surface area contributed by atoms with E-state index in [1.807, 2.05) is 0 Å². The molecule has 1 N–H and O–H groups in total. The molecule has 1 aliphatic rings. The molecule has 0 unspecified atom stereocenters. The second kappa shape index (κ2) is 3.37. The first-order valence-corrected chi connectivity index (χ1v) is 4.09. The third-order valence-electron chi connectivity index (χ3n) is 1.64. The van der Waals surface area contributed by atoms with E-state index in [-0.39, 0.29) is 0 Å². The molecule has 0 bridgehead atoms. The minimum Gasteiger partial charge on any atom is -0.396 e. The van der Waals surface area contributed by atoms with Gasteiger partial charge < -0.3 is 5.11 Å². The third-order valence-corrected chi connectivity index (χ3v) is 2.30. The Labute approximate surface area is 63.9 Å². The van der Waals surface area contributed by atoms with Gasteiger partial charge in [-0.15, -0.1) is 0 Å². The van der Waals surface area contributed by atoms with Crippen molar-refractivity contribution in [2.24, 2.45) is 5.92 Å². The molecule has 0 aromatic carbocycles. The lowest BCUT2D eigenvalue weighted by molar-refractivity contribution is 0.241. The molecular formula is C7H11BrO. The molecule has 0 radical (unpaired) electrons. The summed E-state index contributed by atoms with van der Waals surface area (Å²) in [5.41, 5.74) is 0. The molecule has 0 aromatic heterocycles. The molecule has 0 aliphatic heterocycles. The molecule has 0 heterocycles. The zero-order valence-electron chi connectivity index (χ0n) is 5.31. The van der Waals surface area contributed by atoms with Gasteiger partial charge in [-0.1, -0.05) is 22.0 Å². The smallest absolute Gasteiger partial charge is 0.0494 e. The fourth-order valence-electron chi connectivity index (χ4n) is 1.10. The van der Waals surface area contributed by atoms with Gasteiger partial charge in [-0.3, -0.25) is 0 Å². The van der Waals surface area contributed by atoms with Gasteiger partial charge in [0.1, 0.15) is 0 Å². The third kappa shape index (κ3) is 2.11. The summed E-state index contributed by atoms with van der Waals surface area (Å²) in [6.45, 7) is 0.301. The van der Waals surface area contributed by atoms with E-state index in [0.29, 0.717) is 12.5 Å². The van der Waals surface area contributed by atoms with Gasteiger partial charge in [0.15, 0.2) is 0 Å². The maximum atomic E-state index is 8.74. The summed E-state index contributed by atoms with van der Waals surface area (Å²) in [5.74, 6) is 0.410. The molecule has 1 aliphatic carbocycles. The summed E-state index contributed by atoms with van der Waals surface area (Å²) in [4.78, 5) is 0. The van der Waals surface area contributed by atoms with Crippen LogP contribution in [-0.4, -0.2) is 11.7 Å². The van der Waals surface area contributed by atoms with Crippen LogP contribution in [-0.2, 0) is 0 Å². The molecule has 2 heteroatoms. The topological polar surface area (TPSA) is 20.2 Å². The molecule has 0 saturated carbocycles. The number of rotatable bonds is 1. The van der Waals surface area contributed by atoms with Crippen molar-refractivity contribution in [2.45, 2.75) is 19.3 Å². The average Bonchev–Trinajstić information content (AvgIpc) is 1.88. The van der Waals surface area contributed by atoms with Gasteiger partial charge >= 0.3 is 0 Å². The van der Waals surface area contributed by atoms with Crippen LogP contribution >= 0.6 is 15.9 Å². The Morgan fingerprint density at radius 3 is 3.00 bits per heavy atom. The minimum absolute atomic E-state index is 0.301. The fourth-order valence-corrected chi connectivity index (χ4v) is 1.75. The SMILES string of the molecule is OC[C@H]1C=C(Br)CCC1. The Morgan fingerprint density at radius 1 is 1.78 bits per heavy atom. The molecule has 0 fully saturated rings. The van der Waals surface area contributed by atoms with E-state index in [1.54, 1.807) is 0 Å². The van der Waals surface area contributed by atoms with Crippen molar-refractivity contribution in [3.8, 4) is 0 Å². The Balaban J connectivity index is 2.47. The van der Waals surface area contributed by atoms with Crippen LogP contribution in [0.2, 0.25) is 0 Å². The zero-order chi connectivity index (χ0) is 6.69. The van der Waals surface area contributed by atoms with Crippen molar-refractivity contribution in [2.75, 3.05) is 6.61 Å². The highest BCUT2D eigenvalue weighted by molar-refractivity contribution is 9.11. The average molecular weight is 191 g/mol. The molecule has 1 atom stereocenters. The van der Waals surface area contributed by atoms with E-state index in [0.717, 1.165) is 12.8 Å². The monoisotopic (exact) mass is 190 g/mol. The number of hydrogen-bond acceptors (Lipinski definition) is 1. The second-order valence-corrected chi connectivity index (χ2v) is 3.47. The van der Waals surface area contributed by atoms with Crippen LogP contribution in [0, 0.1) is 5.92 Å². The minimum atomic E-state index is 0.301. The quantitative estimate of drug-likeness (QED) is 0.672. The van der Waals surface area contributed by atoms with Crippen LogP contribution in [0.4, 0.5) is 0 Å². The molecule has 9 heavy (non-hydrogen) atoms. The lowest BCUT2D eigenvalue weighted by Gasteiger charge is -2.15. The number of aliphatic hydroxyl groups is 1. The number of aliphatic hydroxyl groups excluding tert-OH is 1. The summed E-state index contributed by atoms with van der Waals surface area (Å²) < 4.78 is 1.26. The first-order valence-electron chi connectivity index (χ1n) is 3.30. The summed E-state index contributed by atoms with van der Waals surface area (Å²) in [5, 5.41) is 8.74. The van der Waals surface area contributed by atoms with E-state index >= 15 is 0 Å². The van der Waals surface area contributed by atoms with E-state index < -0.39 is 0 Å². The van der Waals surface area contributed by atoms with Crippen molar-refractivity contribution >= 4 is 15.9 Å². The van der Waals surface area contributed by atoms with Crippen molar-refractivity contribution in [1.82, 2.24) is 0 Å². The van der Waals surface area contributed by atoms with Crippen LogP contribution < -0.4 is 0 Å². The summed E-state index contributed by atoms with van der Waals surface area (Å²) in [6, 6.07) is 0. The van der Waals surface area contributed by atoms with Gasteiger partial charge in [-0.25, -0.2) is 0 Å². The highest BCUT2D eigenvalue weighted by atomic mass is 79.9.